The van der Waals surface area contributed by atoms with Crippen LogP contribution in [0.15, 0.2) is 76.7 Å². The van der Waals surface area contributed by atoms with Crippen LogP contribution in [0, 0.1) is 10.1 Å². The van der Waals surface area contributed by atoms with Gasteiger partial charge in [0.25, 0.3) is 15.7 Å². The van der Waals surface area contributed by atoms with E-state index < -0.39 is 14.9 Å². The van der Waals surface area contributed by atoms with Gasteiger partial charge in [-0.15, -0.1) is 0 Å². The molecule has 11 heteroatoms. The average Bonchev–Trinajstić information content (AvgIpc) is 2.79. The van der Waals surface area contributed by atoms with Crippen molar-refractivity contribution < 1.29 is 22.8 Å². The maximum Gasteiger partial charge on any atom is 0.270 e. The van der Waals surface area contributed by atoms with Crippen molar-refractivity contribution in [1.29, 1.82) is 0 Å². The molecule has 3 rings (SSSR count). The van der Waals surface area contributed by atoms with Crippen LogP contribution in [0.1, 0.15) is 5.56 Å². The van der Waals surface area contributed by atoms with E-state index in [1.807, 2.05) is 0 Å². The monoisotopic (exact) mass is 456 g/mol. The minimum Gasteiger partial charge on any atom is -0.497 e. The molecule has 0 fully saturated rings. The van der Waals surface area contributed by atoms with Crippen molar-refractivity contribution in [2.24, 2.45) is 5.10 Å². The molecule has 0 aliphatic carbocycles. The van der Waals surface area contributed by atoms with Crippen molar-refractivity contribution in [3.8, 4) is 11.5 Å². The van der Waals surface area contributed by atoms with Gasteiger partial charge in [-0.05, 0) is 48.0 Å². The summed E-state index contributed by atoms with van der Waals surface area (Å²) in [5, 5.41) is 15.3. The first-order valence-corrected chi connectivity index (χ1v) is 10.7. The summed E-state index contributed by atoms with van der Waals surface area (Å²) in [7, 11) is -1.14. The lowest BCUT2D eigenvalue weighted by Gasteiger charge is -2.12. The fourth-order valence-corrected chi connectivity index (χ4v) is 3.94. The standard InChI is InChI=1S/C21H20N4O6S/c1-30-18-9-6-16(7-10-18)24-32(28,29)21-13-17(25(26)27)8-11-20(21)23-22-14-15-4-3-5-19(12-15)31-2/h3-14,23-24H,1-2H3/b22-14-. The van der Waals surface area contributed by atoms with E-state index in [2.05, 4.69) is 15.2 Å². The van der Waals surface area contributed by atoms with E-state index in [0.29, 0.717) is 17.1 Å². The van der Waals surface area contributed by atoms with Crippen molar-refractivity contribution in [3.05, 3.63) is 82.4 Å². The number of benzene rings is 3. The molecule has 10 nitrogen and oxygen atoms in total. The maximum atomic E-state index is 13.0. The number of nitro benzene ring substituents is 1. The smallest absolute Gasteiger partial charge is 0.270 e. The normalized spacial score (nSPS) is 11.2. The second-order valence-electron chi connectivity index (χ2n) is 6.42. The molecule has 166 valence electrons. The van der Waals surface area contributed by atoms with Gasteiger partial charge >= 0.3 is 0 Å². The van der Waals surface area contributed by atoms with Crippen LogP contribution >= 0.6 is 0 Å². The topological polar surface area (TPSA) is 132 Å². The lowest BCUT2D eigenvalue weighted by molar-refractivity contribution is -0.385. The van der Waals surface area contributed by atoms with Crippen LogP contribution in [0.3, 0.4) is 0 Å². The number of hydrogen-bond donors (Lipinski definition) is 2. The summed E-state index contributed by atoms with van der Waals surface area (Å²) in [6.07, 6.45) is 1.47. The Labute approximate surface area is 184 Å². The van der Waals surface area contributed by atoms with Gasteiger partial charge in [-0.25, -0.2) is 8.42 Å². The zero-order valence-corrected chi connectivity index (χ0v) is 18.0. The lowest BCUT2D eigenvalue weighted by Crippen LogP contribution is -2.15. The molecule has 0 aliphatic heterocycles. The molecule has 2 N–H and O–H groups in total. The van der Waals surface area contributed by atoms with Gasteiger partial charge in [0.2, 0.25) is 0 Å². The number of ether oxygens (including phenoxy) is 2. The van der Waals surface area contributed by atoms with Crippen molar-refractivity contribution in [2.75, 3.05) is 24.4 Å². The molecule has 0 unspecified atom stereocenters. The van der Waals surface area contributed by atoms with E-state index in [9.17, 15) is 18.5 Å². The molecule has 0 spiro atoms. The molecular formula is C21H20N4O6S. The zero-order valence-electron chi connectivity index (χ0n) is 17.2. The molecule has 0 aliphatic rings. The summed E-state index contributed by atoms with van der Waals surface area (Å²) >= 11 is 0. The fourth-order valence-electron chi connectivity index (χ4n) is 2.71. The van der Waals surface area contributed by atoms with Crippen molar-refractivity contribution >= 4 is 33.3 Å². The third kappa shape index (κ3) is 5.52. The van der Waals surface area contributed by atoms with Crippen molar-refractivity contribution in [1.82, 2.24) is 0 Å². The van der Waals surface area contributed by atoms with Gasteiger partial charge < -0.3 is 9.47 Å². The van der Waals surface area contributed by atoms with Gasteiger partial charge in [0, 0.05) is 17.8 Å². The van der Waals surface area contributed by atoms with Gasteiger partial charge in [0.05, 0.1) is 31.0 Å². The Kier molecular flexibility index (Phi) is 6.90. The van der Waals surface area contributed by atoms with E-state index in [0.717, 1.165) is 6.07 Å². The van der Waals surface area contributed by atoms with Gasteiger partial charge in [-0.3, -0.25) is 20.3 Å². The largest absolute Gasteiger partial charge is 0.497 e. The summed E-state index contributed by atoms with van der Waals surface area (Å²) in [4.78, 5) is 10.2. The number of nitrogens with one attached hydrogen (secondary N) is 2. The zero-order chi connectivity index (χ0) is 23.1. The fraction of sp³-hybridized carbons (Fsp3) is 0.0952. The number of non-ortho nitro benzene ring substituents is 1. The molecule has 3 aromatic rings. The second-order valence-corrected chi connectivity index (χ2v) is 8.07. The summed E-state index contributed by atoms with van der Waals surface area (Å²) in [6.45, 7) is 0. The SMILES string of the molecule is COc1ccc(NS(=O)(=O)c2cc([N+](=O)[O-])ccc2N/N=C\c2cccc(OC)c2)cc1. The van der Waals surface area contributed by atoms with Gasteiger partial charge in [-0.1, -0.05) is 12.1 Å². The van der Waals surface area contributed by atoms with Crippen LogP contribution in [-0.4, -0.2) is 33.8 Å². The Hall–Kier alpha value is -4.12. The van der Waals surface area contributed by atoms with Crippen molar-refractivity contribution in [3.63, 3.8) is 0 Å². The van der Waals surface area contributed by atoms with E-state index in [1.54, 1.807) is 43.5 Å². The summed E-state index contributed by atoms with van der Waals surface area (Å²) in [5.74, 6) is 1.19. The molecule has 0 bridgehead atoms. The average molecular weight is 456 g/mol. The first kappa shape index (κ1) is 22.6. The van der Waals surface area contributed by atoms with E-state index in [1.165, 1.54) is 37.6 Å². The van der Waals surface area contributed by atoms with Gasteiger partial charge in [-0.2, -0.15) is 5.10 Å². The van der Waals surface area contributed by atoms with E-state index in [-0.39, 0.29) is 22.0 Å². The number of hydrazone groups is 1. The summed E-state index contributed by atoms with van der Waals surface area (Å²) in [6, 6.07) is 16.7. The summed E-state index contributed by atoms with van der Waals surface area (Å²) < 4.78 is 38.6. The van der Waals surface area contributed by atoms with E-state index in [4.69, 9.17) is 9.47 Å². The molecule has 32 heavy (non-hydrogen) atoms. The van der Waals surface area contributed by atoms with Crippen LogP contribution in [0.5, 0.6) is 11.5 Å². The number of nitro groups is 1. The molecule has 0 saturated heterocycles. The number of hydrogen-bond acceptors (Lipinski definition) is 8. The third-order valence-electron chi connectivity index (χ3n) is 4.30. The minimum atomic E-state index is -4.18. The minimum absolute atomic E-state index is 0.0655. The highest BCUT2D eigenvalue weighted by Crippen LogP contribution is 2.29. The molecule has 3 aromatic carbocycles. The summed E-state index contributed by atoms with van der Waals surface area (Å²) in [5.41, 5.74) is 3.31. The molecule has 0 amide bonds. The van der Waals surface area contributed by atoms with Crippen LogP contribution < -0.4 is 19.6 Å². The Balaban J connectivity index is 1.91. The van der Waals surface area contributed by atoms with Crippen molar-refractivity contribution in [2.45, 2.75) is 4.90 Å². The Morgan fingerprint density at radius 2 is 1.69 bits per heavy atom. The highest BCUT2D eigenvalue weighted by Gasteiger charge is 2.22. The number of anilines is 2. The number of sulfonamides is 1. The third-order valence-corrected chi connectivity index (χ3v) is 5.72. The highest BCUT2D eigenvalue weighted by atomic mass is 32.2. The molecular weight excluding hydrogens is 436 g/mol. The molecule has 0 aromatic heterocycles. The van der Waals surface area contributed by atoms with E-state index >= 15 is 0 Å². The Morgan fingerprint density at radius 3 is 2.34 bits per heavy atom. The predicted molar refractivity (Wildman–Crippen MR) is 121 cm³/mol. The second kappa shape index (κ2) is 9.79. The quantitative estimate of drug-likeness (QED) is 0.284. The Morgan fingerprint density at radius 1 is 0.969 bits per heavy atom. The van der Waals surface area contributed by atoms with Gasteiger partial charge in [0.1, 0.15) is 16.4 Å². The molecule has 0 saturated carbocycles. The predicted octanol–water partition coefficient (Wildman–Crippen LogP) is 3.86. The molecule has 0 heterocycles. The first-order chi connectivity index (χ1) is 15.3. The number of rotatable bonds is 9. The first-order valence-electron chi connectivity index (χ1n) is 9.21. The number of methoxy groups -OCH3 is 2. The Bertz CT molecular complexity index is 1240. The van der Waals surface area contributed by atoms with Crippen LogP contribution in [0.4, 0.5) is 17.1 Å². The molecule has 0 radical (unpaired) electrons. The van der Waals surface area contributed by atoms with Crippen LogP contribution in [0.25, 0.3) is 0 Å². The highest BCUT2D eigenvalue weighted by molar-refractivity contribution is 7.92. The maximum absolute atomic E-state index is 13.0. The van der Waals surface area contributed by atoms with Crippen LogP contribution in [0.2, 0.25) is 0 Å². The molecule has 0 atom stereocenters. The lowest BCUT2D eigenvalue weighted by atomic mass is 10.2. The van der Waals surface area contributed by atoms with Crippen LogP contribution in [-0.2, 0) is 10.0 Å². The number of nitrogens with zero attached hydrogens (tertiary/aromatic N) is 2. The van der Waals surface area contributed by atoms with Gasteiger partial charge in [0.15, 0.2) is 0 Å².